The molecule has 1 saturated heterocycles. The molecule has 1 aromatic rings. The molecule has 4 heteroatoms. The lowest BCUT2D eigenvalue weighted by Gasteiger charge is -2.38. The van der Waals surface area contributed by atoms with Crippen LogP contribution in [0.2, 0.25) is 0 Å². The molecular weight excluding hydrogens is 228 g/mol. The molecule has 15 heavy (non-hydrogen) atoms. The van der Waals surface area contributed by atoms with Crippen molar-refractivity contribution in [1.82, 2.24) is 10.2 Å². The first-order chi connectivity index (χ1) is 6.79. The Morgan fingerprint density at radius 2 is 2.40 bits per heavy atom. The number of nitrogens with one attached hydrogen (secondary N) is 1. The normalized spacial score (nSPS) is 24.5. The zero-order valence-corrected chi connectivity index (χ0v) is 10.9. The van der Waals surface area contributed by atoms with Gasteiger partial charge < -0.3 is 5.32 Å². The number of rotatable bonds is 2. The van der Waals surface area contributed by atoms with E-state index in [4.69, 9.17) is 0 Å². The van der Waals surface area contributed by atoms with Crippen LogP contribution >= 0.6 is 23.7 Å². The maximum Gasteiger partial charge on any atom is 0.0417 e. The Kier molecular flexibility index (Phi) is 5.06. The van der Waals surface area contributed by atoms with Crippen LogP contribution < -0.4 is 5.32 Å². The van der Waals surface area contributed by atoms with E-state index < -0.39 is 0 Å². The monoisotopic (exact) mass is 246 g/mol. The molecule has 1 aliphatic heterocycles. The molecular formula is C11H19ClN2S. The number of hydrogen-bond acceptors (Lipinski definition) is 3. The number of thiophene rings is 1. The van der Waals surface area contributed by atoms with E-state index in [1.165, 1.54) is 11.4 Å². The Labute approximate surface area is 102 Å². The van der Waals surface area contributed by atoms with Crippen LogP contribution in [0.15, 0.2) is 17.5 Å². The van der Waals surface area contributed by atoms with E-state index in [2.05, 4.69) is 41.6 Å². The highest BCUT2D eigenvalue weighted by Gasteiger charge is 2.24. The van der Waals surface area contributed by atoms with Crippen molar-refractivity contribution in [2.24, 2.45) is 0 Å². The Balaban J connectivity index is 0.00000112. The molecule has 2 heterocycles. The third kappa shape index (κ3) is 2.94. The average molecular weight is 247 g/mol. The largest absolute Gasteiger partial charge is 0.314 e. The lowest BCUT2D eigenvalue weighted by Crippen LogP contribution is -2.50. The van der Waals surface area contributed by atoms with Gasteiger partial charge in [-0.25, -0.2) is 0 Å². The minimum absolute atomic E-state index is 0. The highest BCUT2D eigenvalue weighted by molar-refractivity contribution is 7.10. The number of halogens is 1. The van der Waals surface area contributed by atoms with Gasteiger partial charge in [-0.15, -0.1) is 23.7 Å². The highest BCUT2D eigenvalue weighted by Crippen LogP contribution is 2.26. The fourth-order valence-corrected chi connectivity index (χ4v) is 2.93. The van der Waals surface area contributed by atoms with Crippen LogP contribution in [-0.2, 0) is 0 Å². The summed E-state index contributed by atoms with van der Waals surface area (Å²) in [4.78, 5) is 4.07. The molecule has 0 spiro atoms. The van der Waals surface area contributed by atoms with E-state index in [9.17, 15) is 0 Å². The van der Waals surface area contributed by atoms with Crippen LogP contribution in [0.25, 0.3) is 0 Å². The molecule has 2 atom stereocenters. The lowest BCUT2D eigenvalue weighted by molar-refractivity contribution is 0.128. The third-order valence-electron chi connectivity index (χ3n) is 3.01. The number of nitrogens with zero attached hydrogens (tertiary/aromatic N) is 1. The summed E-state index contributed by atoms with van der Waals surface area (Å²) in [5.74, 6) is 0. The summed E-state index contributed by atoms with van der Waals surface area (Å²) in [7, 11) is 0. The standard InChI is InChI=1S/C11H18N2S.ClH/c1-9-8-12-5-6-13(9)10(2)11-4-3-7-14-11;/h3-4,7,9-10,12H,5-6,8H2,1-2H3;1H. The van der Waals surface area contributed by atoms with Gasteiger partial charge in [0.2, 0.25) is 0 Å². The molecule has 0 radical (unpaired) electrons. The predicted octanol–water partition coefficient (Wildman–Crippen LogP) is 2.52. The van der Waals surface area contributed by atoms with Gasteiger partial charge in [-0.1, -0.05) is 6.07 Å². The maximum atomic E-state index is 3.43. The Morgan fingerprint density at radius 1 is 1.60 bits per heavy atom. The second-order valence-electron chi connectivity index (χ2n) is 3.98. The average Bonchev–Trinajstić information content (AvgIpc) is 2.70. The minimum atomic E-state index is 0. The second kappa shape index (κ2) is 5.85. The summed E-state index contributed by atoms with van der Waals surface area (Å²) < 4.78 is 0. The molecule has 1 aromatic heterocycles. The van der Waals surface area contributed by atoms with Crippen LogP contribution in [0, 0.1) is 0 Å². The van der Waals surface area contributed by atoms with E-state index in [1.54, 1.807) is 0 Å². The van der Waals surface area contributed by atoms with E-state index in [-0.39, 0.29) is 12.4 Å². The van der Waals surface area contributed by atoms with Crippen molar-refractivity contribution >= 4 is 23.7 Å². The van der Waals surface area contributed by atoms with Crippen molar-refractivity contribution in [3.63, 3.8) is 0 Å². The van der Waals surface area contributed by atoms with Gasteiger partial charge in [-0.3, -0.25) is 4.90 Å². The smallest absolute Gasteiger partial charge is 0.0417 e. The van der Waals surface area contributed by atoms with Gasteiger partial charge in [-0.05, 0) is 25.3 Å². The van der Waals surface area contributed by atoms with Crippen LogP contribution in [0.3, 0.4) is 0 Å². The summed E-state index contributed by atoms with van der Waals surface area (Å²) in [6.45, 7) is 8.03. The summed E-state index contributed by atoms with van der Waals surface area (Å²) in [6, 6.07) is 5.61. The van der Waals surface area contributed by atoms with Gasteiger partial charge >= 0.3 is 0 Å². The minimum Gasteiger partial charge on any atom is -0.314 e. The number of piperazine rings is 1. The van der Waals surface area contributed by atoms with Crippen LogP contribution in [0.5, 0.6) is 0 Å². The van der Waals surface area contributed by atoms with E-state index >= 15 is 0 Å². The molecule has 0 amide bonds. The van der Waals surface area contributed by atoms with E-state index in [0.29, 0.717) is 12.1 Å². The molecule has 2 rings (SSSR count). The van der Waals surface area contributed by atoms with Crippen LogP contribution in [0.4, 0.5) is 0 Å². The van der Waals surface area contributed by atoms with Crippen molar-refractivity contribution < 1.29 is 0 Å². The van der Waals surface area contributed by atoms with Crippen LogP contribution in [-0.4, -0.2) is 30.6 Å². The highest BCUT2D eigenvalue weighted by atomic mass is 35.5. The van der Waals surface area contributed by atoms with Crippen molar-refractivity contribution in [3.05, 3.63) is 22.4 Å². The molecule has 0 bridgehead atoms. The maximum absolute atomic E-state index is 3.43. The van der Waals surface area contributed by atoms with Crippen LogP contribution in [0.1, 0.15) is 24.8 Å². The summed E-state index contributed by atoms with van der Waals surface area (Å²) >= 11 is 1.86. The first-order valence-electron chi connectivity index (χ1n) is 5.29. The zero-order chi connectivity index (χ0) is 9.97. The van der Waals surface area contributed by atoms with Crippen molar-refractivity contribution in [2.75, 3.05) is 19.6 Å². The molecule has 1 N–H and O–H groups in total. The van der Waals surface area contributed by atoms with Crippen molar-refractivity contribution in [1.29, 1.82) is 0 Å². The van der Waals surface area contributed by atoms with Gasteiger partial charge in [0.15, 0.2) is 0 Å². The summed E-state index contributed by atoms with van der Waals surface area (Å²) in [6.07, 6.45) is 0. The van der Waals surface area contributed by atoms with Gasteiger partial charge in [-0.2, -0.15) is 0 Å². The van der Waals surface area contributed by atoms with Gasteiger partial charge in [0.25, 0.3) is 0 Å². The van der Waals surface area contributed by atoms with Crippen molar-refractivity contribution in [2.45, 2.75) is 25.9 Å². The molecule has 0 aliphatic carbocycles. The molecule has 1 aliphatic rings. The summed E-state index contributed by atoms with van der Waals surface area (Å²) in [5, 5.41) is 5.59. The molecule has 86 valence electrons. The quantitative estimate of drug-likeness (QED) is 0.863. The Morgan fingerprint density at radius 3 is 3.00 bits per heavy atom. The number of hydrogen-bond donors (Lipinski definition) is 1. The molecule has 2 unspecified atom stereocenters. The predicted molar refractivity (Wildman–Crippen MR) is 69.0 cm³/mol. The molecule has 1 fully saturated rings. The van der Waals surface area contributed by atoms with Gasteiger partial charge in [0, 0.05) is 36.6 Å². The first-order valence-corrected chi connectivity index (χ1v) is 6.17. The second-order valence-corrected chi connectivity index (χ2v) is 4.96. The van der Waals surface area contributed by atoms with E-state index in [1.807, 2.05) is 11.3 Å². The van der Waals surface area contributed by atoms with Gasteiger partial charge in [0.1, 0.15) is 0 Å². The zero-order valence-electron chi connectivity index (χ0n) is 9.27. The SMILES string of the molecule is CC1CNCCN1C(C)c1cccs1.Cl. The Hall–Kier alpha value is -0.0900. The fraction of sp³-hybridized carbons (Fsp3) is 0.636. The topological polar surface area (TPSA) is 15.3 Å². The fourth-order valence-electron chi connectivity index (χ4n) is 2.12. The van der Waals surface area contributed by atoms with Crippen molar-refractivity contribution in [3.8, 4) is 0 Å². The lowest BCUT2D eigenvalue weighted by atomic mass is 10.1. The molecule has 0 saturated carbocycles. The summed E-state index contributed by atoms with van der Waals surface area (Å²) in [5.41, 5.74) is 0. The van der Waals surface area contributed by atoms with Gasteiger partial charge in [0.05, 0.1) is 0 Å². The Bertz CT molecular complexity index is 276. The molecule has 2 nitrogen and oxygen atoms in total. The van der Waals surface area contributed by atoms with E-state index in [0.717, 1.165) is 13.1 Å². The molecule has 0 aromatic carbocycles. The third-order valence-corrected chi connectivity index (χ3v) is 4.05. The first kappa shape index (κ1) is 13.0.